The first-order valence-electron chi connectivity index (χ1n) is 10.7. The molecule has 2 aliphatic rings. The minimum absolute atomic E-state index is 0.186. The highest BCUT2D eigenvalue weighted by atomic mass is 19.2. The van der Waals surface area contributed by atoms with Crippen LogP contribution >= 0.6 is 0 Å². The third kappa shape index (κ3) is 3.46. The van der Waals surface area contributed by atoms with Crippen LogP contribution in [-0.2, 0) is 13.1 Å². The van der Waals surface area contributed by atoms with Crippen LogP contribution in [-0.4, -0.2) is 13.5 Å². The maximum Gasteiger partial charge on any atom is 0.161 e. The first-order chi connectivity index (χ1) is 16.5. The summed E-state index contributed by atoms with van der Waals surface area (Å²) in [6.07, 6.45) is 0. The van der Waals surface area contributed by atoms with E-state index in [1.165, 1.54) is 12.1 Å². The Hall–Kier alpha value is -3.94. The Bertz CT molecular complexity index is 1440. The molecule has 0 fully saturated rings. The quantitative estimate of drug-likeness (QED) is 0.333. The number of benzene rings is 4. The first kappa shape index (κ1) is 20.7. The SMILES string of the molecule is Fc1ccc(N2COc3cc4ccc5c(c4cc3C2)OCN(c2ccc(F)c(F)c2)C5)cc1F. The minimum atomic E-state index is -0.908. The second kappa shape index (κ2) is 7.83. The van der Waals surface area contributed by atoms with Crippen molar-refractivity contribution in [3.8, 4) is 11.5 Å². The lowest BCUT2D eigenvalue weighted by molar-refractivity contribution is 0.288. The number of halogens is 4. The number of hydrogen-bond donors (Lipinski definition) is 0. The van der Waals surface area contributed by atoms with Gasteiger partial charge in [-0.15, -0.1) is 0 Å². The van der Waals surface area contributed by atoms with E-state index in [0.29, 0.717) is 24.5 Å². The van der Waals surface area contributed by atoms with Gasteiger partial charge in [-0.1, -0.05) is 12.1 Å². The Balaban J connectivity index is 1.32. The second-order valence-corrected chi connectivity index (χ2v) is 8.37. The Morgan fingerprint density at radius 1 is 0.588 bits per heavy atom. The molecule has 0 N–H and O–H groups in total. The van der Waals surface area contributed by atoms with Crippen molar-refractivity contribution < 1.29 is 27.0 Å². The molecule has 0 saturated carbocycles. The average Bonchev–Trinajstić information content (AvgIpc) is 2.85. The summed E-state index contributed by atoms with van der Waals surface area (Å²) < 4.78 is 66.0. The summed E-state index contributed by atoms with van der Waals surface area (Å²) in [6.45, 7) is 1.34. The van der Waals surface area contributed by atoms with Crippen LogP contribution in [0.25, 0.3) is 10.8 Å². The molecule has 0 spiro atoms. The fraction of sp³-hybridized carbons (Fsp3) is 0.154. The van der Waals surface area contributed by atoms with Gasteiger partial charge in [0.25, 0.3) is 0 Å². The molecule has 6 rings (SSSR count). The van der Waals surface area contributed by atoms with Crippen molar-refractivity contribution in [3.63, 3.8) is 0 Å². The van der Waals surface area contributed by atoms with E-state index in [-0.39, 0.29) is 13.5 Å². The lowest BCUT2D eigenvalue weighted by atomic mass is 10.00. The van der Waals surface area contributed by atoms with Crippen LogP contribution in [0.4, 0.5) is 28.9 Å². The molecule has 0 aliphatic carbocycles. The van der Waals surface area contributed by atoms with E-state index in [4.69, 9.17) is 9.47 Å². The van der Waals surface area contributed by atoms with E-state index in [1.807, 2.05) is 34.1 Å². The third-order valence-corrected chi connectivity index (χ3v) is 6.23. The summed E-state index contributed by atoms with van der Waals surface area (Å²) in [5.74, 6) is -2.14. The topological polar surface area (TPSA) is 24.9 Å². The van der Waals surface area contributed by atoms with Gasteiger partial charge in [-0.3, -0.25) is 0 Å². The molecule has 172 valence electrons. The summed E-state index contributed by atoms with van der Waals surface area (Å²) in [5.41, 5.74) is 2.87. The molecule has 4 aromatic rings. The zero-order valence-electron chi connectivity index (χ0n) is 17.8. The molecule has 0 bridgehead atoms. The molecule has 4 aromatic carbocycles. The third-order valence-electron chi connectivity index (χ3n) is 6.23. The first-order valence-corrected chi connectivity index (χ1v) is 10.7. The van der Waals surface area contributed by atoms with Gasteiger partial charge in [0.15, 0.2) is 36.7 Å². The van der Waals surface area contributed by atoms with E-state index in [9.17, 15) is 17.6 Å². The standard InChI is InChI=1S/C26H18F4N2O2/c27-21-5-3-18(9-23(21)29)31-11-16-2-1-15-8-25-17(7-20(15)26(16)34-14-31)12-32(13-33-25)19-4-6-22(28)24(30)10-19/h1-10H,11-14H2. The second-order valence-electron chi connectivity index (χ2n) is 8.37. The molecule has 0 saturated heterocycles. The Morgan fingerprint density at radius 2 is 1.21 bits per heavy atom. The minimum Gasteiger partial charge on any atom is -0.473 e. The highest BCUT2D eigenvalue weighted by Gasteiger charge is 2.24. The maximum absolute atomic E-state index is 13.7. The van der Waals surface area contributed by atoms with Gasteiger partial charge >= 0.3 is 0 Å². The van der Waals surface area contributed by atoms with Crippen molar-refractivity contribution in [1.82, 2.24) is 0 Å². The molecule has 0 unspecified atom stereocenters. The number of rotatable bonds is 2. The zero-order chi connectivity index (χ0) is 23.4. The molecule has 34 heavy (non-hydrogen) atoms. The van der Waals surface area contributed by atoms with Crippen LogP contribution in [0.2, 0.25) is 0 Å². The molecule has 0 aromatic heterocycles. The van der Waals surface area contributed by atoms with Crippen molar-refractivity contribution in [2.24, 2.45) is 0 Å². The normalized spacial score (nSPS) is 14.9. The van der Waals surface area contributed by atoms with Gasteiger partial charge in [0.1, 0.15) is 11.5 Å². The van der Waals surface area contributed by atoms with E-state index < -0.39 is 23.3 Å². The van der Waals surface area contributed by atoms with Gasteiger partial charge in [-0.05, 0) is 41.8 Å². The molecule has 8 heteroatoms. The van der Waals surface area contributed by atoms with Gasteiger partial charge in [-0.2, -0.15) is 0 Å². The van der Waals surface area contributed by atoms with Crippen LogP contribution in [0, 0.1) is 23.3 Å². The molecule has 2 heterocycles. The Morgan fingerprint density at radius 3 is 1.85 bits per heavy atom. The van der Waals surface area contributed by atoms with Gasteiger partial charge in [0, 0.05) is 53.1 Å². The Kier molecular flexibility index (Phi) is 4.76. The number of anilines is 2. The molecular weight excluding hydrogens is 448 g/mol. The molecule has 0 atom stereocenters. The highest BCUT2D eigenvalue weighted by Crippen LogP contribution is 2.40. The van der Waals surface area contributed by atoms with Crippen LogP contribution in [0.5, 0.6) is 11.5 Å². The number of fused-ring (bicyclic) bond motifs is 4. The monoisotopic (exact) mass is 466 g/mol. The largest absolute Gasteiger partial charge is 0.473 e. The number of nitrogens with zero attached hydrogens (tertiary/aromatic N) is 2. The summed E-state index contributed by atoms with van der Waals surface area (Å²) in [4.78, 5) is 3.64. The van der Waals surface area contributed by atoms with Crippen molar-refractivity contribution >= 4 is 22.1 Å². The predicted octanol–water partition coefficient (Wildman–Crippen LogP) is 6.11. The average molecular weight is 466 g/mol. The molecule has 0 radical (unpaired) electrons. The maximum atomic E-state index is 13.7. The number of ether oxygens (including phenoxy) is 2. The van der Waals surface area contributed by atoms with Gasteiger partial charge in [-0.25, -0.2) is 17.6 Å². The summed E-state index contributed by atoms with van der Waals surface area (Å²) in [6, 6.07) is 15.4. The van der Waals surface area contributed by atoms with Crippen molar-refractivity contribution in [3.05, 3.63) is 95.1 Å². The molecule has 4 nitrogen and oxygen atoms in total. The van der Waals surface area contributed by atoms with Crippen molar-refractivity contribution in [1.29, 1.82) is 0 Å². The van der Waals surface area contributed by atoms with Crippen molar-refractivity contribution in [2.45, 2.75) is 13.1 Å². The van der Waals surface area contributed by atoms with Gasteiger partial charge in [0.2, 0.25) is 0 Å². The predicted molar refractivity (Wildman–Crippen MR) is 120 cm³/mol. The smallest absolute Gasteiger partial charge is 0.161 e. The van der Waals surface area contributed by atoms with Crippen LogP contribution < -0.4 is 19.3 Å². The molecular formula is C26H18F4N2O2. The van der Waals surface area contributed by atoms with E-state index in [1.54, 1.807) is 0 Å². The number of hydrogen-bond acceptors (Lipinski definition) is 4. The van der Waals surface area contributed by atoms with Gasteiger partial charge in [0.05, 0.1) is 0 Å². The zero-order valence-corrected chi connectivity index (χ0v) is 17.8. The van der Waals surface area contributed by atoms with Crippen LogP contribution in [0.3, 0.4) is 0 Å². The molecule has 0 amide bonds. The summed E-state index contributed by atoms with van der Waals surface area (Å²) >= 11 is 0. The van der Waals surface area contributed by atoms with Crippen LogP contribution in [0.15, 0.2) is 60.7 Å². The lowest BCUT2D eigenvalue weighted by Crippen LogP contribution is -2.32. The Labute approximate surface area is 192 Å². The fourth-order valence-electron chi connectivity index (χ4n) is 4.45. The van der Waals surface area contributed by atoms with E-state index in [2.05, 4.69) is 0 Å². The summed E-state index contributed by atoms with van der Waals surface area (Å²) in [7, 11) is 0. The van der Waals surface area contributed by atoms with Gasteiger partial charge < -0.3 is 19.3 Å². The van der Waals surface area contributed by atoms with Crippen LogP contribution in [0.1, 0.15) is 11.1 Å². The highest BCUT2D eigenvalue weighted by molar-refractivity contribution is 5.92. The lowest BCUT2D eigenvalue weighted by Gasteiger charge is -2.33. The fourth-order valence-corrected chi connectivity index (χ4v) is 4.45. The molecule has 2 aliphatic heterocycles. The van der Waals surface area contributed by atoms with Crippen molar-refractivity contribution in [2.75, 3.05) is 23.3 Å². The van der Waals surface area contributed by atoms with E-state index in [0.717, 1.165) is 57.7 Å². The summed E-state index contributed by atoms with van der Waals surface area (Å²) in [5, 5.41) is 1.84. The van der Waals surface area contributed by atoms with E-state index >= 15 is 0 Å².